The van der Waals surface area contributed by atoms with Crippen molar-refractivity contribution in [3.8, 4) is 0 Å². The Labute approximate surface area is 86.9 Å². The van der Waals surface area contributed by atoms with E-state index in [0.29, 0.717) is 5.92 Å². The molecule has 0 unspecified atom stereocenters. The molecule has 0 radical (unpaired) electrons. The molecular formula is C10H13BrN2. The van der Waals surface area contributed by atoms with Crippen LogP contribution in [0.5, 0.6) is 0 Å². The Hall–Kier alpha value is -0.440. The summed E-state index contributed by atoms with van der Waals surface area (Å²) in [5, 5.41) is 8.03. The third-order valence-electron chi connectivity index (χ3n) is 2.48. The highest BCUT2D eigenvalue weighted by Gasteiger charge is 2.29. The highest BCUT2D eigenvalue weighted by molar-refractivity contribution is 9.10. The molecule has 0 amide bonds. The van der Waals surface area contributed by atoms with E-state index in [9.17, 15) is 0 Å². The van der Waals surface area contributed by atoms with Gasteiger partial charge >= 0.3 is 0 Å². The van der Waals surface area contributed by atoms with Crippen LogP contribution in [-0.4, -0.2) is 10.2 Å². The summed E-state index contributed by atoms with van der Waals surface area (Å²) < 4.78 is 0.946. The Morgan fingerprint density at radius 3 is 2.69 bits per heavy atom. The Balaban J connectivity index is 2.47. The maximum Gasteiger partial charge on any atom is 0.132 e. The molecular weight excluding hydrogens is 228 g/mol. The molecule has 1 aromatic heterocycles. The van der Waals surface area contributed by atoms with Gasteiger partial charge in [-0.05, 0) is 51.7 Å². The van der Waals surface area contributed by atoms with Gasteiger partial charge in [0.15, 0.2) is 0 Å². The number of hydrogen-bond acceptors (Lipinski definition) is 2. The molecule has 1 aliphatic carbocycles. The van der Waals surface area contributed by atoms with Crippen LogP contribution in [0.1, 0.15) is 49.7 Å². The van der Waals surface area contributed by atoms with Crippen LogP contribution in [0.4, 0.5) is 0 Å². The minimum Gasteiger partial charge on any atom is -0.158 e. The van der Waals surface area contributed by atoms with Gasteiger partial charge in [0.2, 0.25) is 0 Å². The molecule has 0 atom stereocenters. The van der Waals surface area contributed by atoms with E-state index in [1.807, 2.05) is 6.20 Å². The van der Waals surface area contributed by atoms with Crippen molar-refractivity contribution < 1.29 is 0 Å². The lowest BCUT2D eigenvalue weighted by molar-refractivity contribution is 0.803. The number of hydrogen-bond donors (Lipinski definition) is 0. The van der Waals surface area contributed by atoms with Gasteiger partial charge in [0.05, 0.1) is 6.20 Å². The first-order chi connectivity index (χ1) is 6.20. The molecule has 3 heteroatoms. The van der Waals surface area contributed by atoms with Crippen LogP contribution in [0.2, 0.25) is 0 Å². The average molecular weight is 241 g/mol. The van der Waals surface area contributed by atoms with Gasteiger partial charge in [-0.1, -0.05) is 13.8 Å². The van der Waals surface area contributed by atoms with Gasteiger partial charge < -0.3 is 0 Å². The smallest absolute Gasteiger partial charge is 0.132 e. The average Bonchev–Trinajstić information content (AvgIpc) is 2.86. The van der Waals surface area contributed by atoms with Crippen LogP contribution < -0.4 is 0 Å². The van der Waals surface area contributed by atoms with E-state index in [4.69, 9.17) is 0 Å². The summed E-state index contributed by atoms with van der Waals surface area (Å²) >= 11 is 3.48. The number of rotatable bonds is 2. The Morgan fingerprint density at radius 2 is 2.15 bits per heavy atom. The van der Waals surface area contributed by atoms with Gasteiger partial charge in [-0.15, -0.1) is 5.10 Å². The zero-order valence-corrected chi connectivity index (χ0v) is 9.50. The zero-order valence-electron chi connectivity index (χ0n) is 7.92. The lowest BCUT2D eigenvalue weighted by Crippen LogP contribution is -1.99. The van der Waals surface area contributed by atoms with Crippen molar-refractivity contribution in [2.75, 3.05) is 0 Å². The lowest BCUT2D eigenvalue weighted by atomic mass is 9.98. The van der Waals surface area contributed by atoms with Gasteiger partial charge in [-0.25, -0.2) is 0 Å². The highest BCUT2D eigenvalue weighted by Crippen LogP contribution is 2.45. The first-order valence-electron chi connectivity index (χ1n) is 4.71. The van der Waals surface area contributed by atoms with Crippen LogP contribution in [0, 0.1) is 0 Å². The summed E-state index contributed by atoms with van der Waals surface area (Å²) in [6.45, 7) is 4.41. The Bertz CT molecular complexity index is 319. The van der Waals surface area contributed by atoms with Crippen molar-refractivity contribution in [2.24, 2.45) is 0 Å². The normalized spacial score (nSPS) is 16.6. The summed E-state index contributed by atoms with van der Waals surface area (Å²) in [7, 11) is 0. The highest BCUT2D eigenvalue weighted by atomic mass is 79.9. The quantitative estimate of drug-likeness (QED) is 0.794. The first kappa shape index (κ1) is 9.13. The van der Waals surface area contributed by atoms with Crippen molar-refractivity contribution in [1.29, 1.82) is 0 Å². The van der Waals surface area contributed by atoms with Gasteiger partial charge in [0.1, 0.15) is 4.60 Å². The van der Waals surface area contributed by atoms with E-state index in [1.54, 1.807) is 0 Å². The lowest BCUT2D eigenvalue weighted by Gasteiger charge is -2.11. The van der Waals surface area contributed by atoms with Crippen molar-refractivity contribution in [3.63, 3.8) is 0 Å². The van der Waals surface area contributed by atoms with E-state index >= 15 is 0 Å². The van der Waals surface area contributed by atoms with Gasteiger partial charge in [-0.2, -0.15) is 5.10 Å². The summed E-state index contributed by atoms with van der Waals surface area (Å²) in [5.41, 5.74) is 2.74. The summed E-state index contributed by atoms with van der Waals surface area (Å²) in [6, 6.07) is 0. The molecule has 2 rings (SSSR count). The molecule has 0 bridgehead atoms. The third kappa shape index (κ3) is 1.75. The molecule has 1 aromatic rings. The van der Waals surface area contributed by atoms with Crippen molar-refractivity contribution >= 4 is 15.9 Å². The monoisotopic (exact) mass is 240 g/mol. The predicted molar refractivity (Wildman–Crippen MR) is 55.8 cm³/mol. The summed E-state index contributed by atoms with van der Waals surface area (Å²) in [6.07, 6.45) is 4.52. The van der Waals surface area contributed by atoms with Crippen LogP contribution in [0.15, 0.2) is 10.8 Å². The fraction of sp³-hybridized carbons (Fsp3) is 0.600. The molecule has 2 nitrogen and oxygen atoms in total. The summed E-state index contributed by atoms with van der Waals surface area (Å²) in [4.78, 5) is 0. The molecule has 0 saturated heterocycles. The van der Waals surface area contributed by atoms with Crippen molar-refractivity contribution in [1.82, 2.24) is 10.2 Å². The Kier molecular flexibility index (Phi) is 2.37. The first-order valence-corrected chi connectivity index (χ1v) is 5.50. The molecule has 1 saturated carbocycles. The van der Waals surface area contributed by atoms with Gasteiger partial charge in [-0.3, -0.25) is 0 Å². The standard InChI is InChI=1S/C10H13BrN2/c1-6(2)8-5-12-13-10(11)9(8)7-3-4-7/h5-7H,3-4H2,1-2H3. The van der Waals surface area contributed by atoms with Crippen LogP contribution in [0.3, 0.4) is 0 Å². The number of aromatic nitrogens is 2. The molecule has 1 heterocycles. The second kappa shape index (κ2) is 3.37. The third-order valence-corrected chi connectivity index (χ3v) is 3.07. The van der Waals surface area contributed by atoms with Crippen LogP contribution >= 0.6 is 15.9 Å². The SMILES string of the molecule is CC(C)c1cnnc(Br)c1C1CC1. The molecule has 0 aromatic carbocycles. The maximum atomic E-state index is 4.05. The zero-order chi connectivity index (χ0) is 9.42. The minimum atomic E-state index is 0.544. The molecule has 0 N–H and O–H groups in total. The largest absolute Gasteiger partial charge is 0.158 e. The van der Waals surface area contributed by atoms with Crippen molar-refractivity contribution in [3.05, 3.63) is 21.9 Å². The fourth-order valence-corrected chi connectivity index (χ4v) is 2.26. The molecule has 0 spiro atoms. The van der Waals surface area contributed by atoms with E-state index in [-0.39, 0.29) is 0 Å². The Morgan fingerprint density at radius 1 is 1.46 bits per heavy atom. The van der Waals surface area contributed by atoms with E-state index in [1.165, 1.54) is 24.0 Å². The fourth-order valence-electron chi connectivity index (χ4n) is 1.62. The molecule has 0 aliphatic heterocycles. The maximum absolute atomic E-state index is 4.05. The number of halogens is 1. The van der Waals surface area contributed by atoms with E-state index in [0.717, 1.165) is 10.5 Å². The van der Waals surface area contributed by atoms with Crippen LogP contribution in [-0.2, 0) is 0 Å². The molecule has 1 aliphatic rings. The summed E-state index contributed by atoms with van der Waals surface area (Å²) in [5.74, 6) is 1.28. The number of nitrogens with zero attached hydrogens (tertiary/aromatic N) is 2. The van der Waals surface area contributed by atoms with Gasteiger partial charge in [0.25, 0.3) is 0 Å². The van der Waals surface area contributed by atoms with E-state index < -0.39 is 0 Å². The minimum absolute atomic E-state index is 0.544. The molecule has 1 fully saturated rings. The van der Waals surface area contributed by atoms with Crippen molar-refractivity contribution in [2.45, 2.75) is 38.5 Å². The second-order valence-electron chi connectivity index (χ2n) is 3.93. The van der Waals surface area contributed by atoms with Crippen LogP contribution in [0.25, 0.3) is 0 Å². The topological polar surface area (TPSA) is 25.8 Å². The molecule has 13 heavy (non-hydrogen) atoms. The van der Waals surface area contributed by atoms with Gasteiger partial charge in [0, 0.05) is 0 Å². The van der Waals surface area contributed by atoms with E-state index in [2.05, 4.69) is 40.0 Å². The second-order valence-corrected chi connectivity index (χ2v) is 4.68. The molecule has 70 valence electrons. The predicted octanol–water partition coefficient (Wildman–Crippen LogP) is 3.24.